The van der Waals surface area contributed by atoms with E-state index in [4.69, 9.17) is 4.43 Å². The molecule has 0 aliphatic carbocycles. The Morgan fingerprint density at radius 1 is 0.844 bits per heavy atom. The van der Waals surface area contributed by atoms with Crippen LogP contribution in [0.5, 0.6) is 0 Å². The summed E-state index contributed by atoms with van der Waals surface area (Å²) < 4.78 is 8.22. The van der Waals surface area contributed by atoms with Gasteiger partial charge >= 0.3 is 0 Å². The summed E-state index contributed by atoms with van der Waals surface area (Å²) in [6, 6.07) is 21.8. The highest BCUT2D eigenvalue weighted by molar-refractivity contribution is 9.11. The first kappa shape index (κ1) is 27.1. The van der Waals surface area contributed by atoms with Gasteiger partial charge in [-0.1, -0.05) is 156 Å². The molecule has 0 saturated carbocycles. The van der Waals surface area contributed by atoms with Gasteiger partial charge in [0.1, 0.15) is 0 Å². The summed E-state index contributed by atoms with van der Waals surface area (Å²) in [7, 11) is -2.49. The van der Waals surface area contributed by atoms with Crippen LogP contribution < -0.4 is 10.4 Å². The maximum atomic E-state index is 7.15. The zero-order chi connectivity index (χ0) is 23.5. The van der Waals surface area contributed by atoms with Crippen LogP contribution in [0.25, 0.3) is 0 Å². The molecule has 0 aromatic heterocycles. The molecule has 32 heavy (non-hydrogen) atoms. The molecule has 1 atom stereocenters. The molecule has 0 fully saturated rings. The number of rotatable bonds is 14. The SMILES string of the molecule is C=C(Br)C(CCCCCCCCC)CO[Si](c1ccccc1)(c1ccccc1)C(C)(C)C. The van der Waals surface area contributed by atoms with Gasteiger partial charge in [0, 0.05) is 12.5 Å². The Kier molecular flexibility index (Phi) is 11.4. The van der Waals surface area contributed by atoms with E-state index >= 15 is 0 Å². The van der Waals surface area contributed by atoms with Gasteiger partial charge in [0.2, 0.25) is 0 Å². The Hall–Kier alpha value is -1.16. The molecule has 2 aromatic carbocycles. The van der Waals surface area contributed by atoms with Crippen molar-refractivity contribution in [2.75, 3.05) is 6.61 Å². The molecule has 0 bridgehead atoms. The standard InChI is InChI=1S/C29H43BrOSi/c1-6-7-8-9-10-11-14-19-26(25(2)30)24-31-32(29(3,4)5,27-20-15-12-16-21-27)28-22-17-13-18-23-28/h12-13,15-18,20-23,26H,2,6-11,14,19,24H2,1,3-5H3. The number of unbranched alkanes of at least 4 members (excludes halogenated alkanes) is 6. The minimum absolute atomic E-state index is 0.00712. The molecule has 2 rings (SSSR count). The highest BCUT2D eigenvalue weighted by Crippen LogP contribution is 2.38. The highest BCUT2D eigenvalue weighted by Gasteiger charge is 2.50. The van der Waals surface area contributed by atoms with Crippen molar-refractivity contribution < 1.29 is 4.43 Å². The van der Waals surface area contributed by atoms with Gasteiger partial charge in [-0.2, -0.15) is 0 Å². The van der Waals surface area contributed by atoms with E-state index in [1.54, 1.807) is 0 Å². The molecular formula is C29H43BrOSi. The van der Waals surface area contributed by atoms with Crippen molar-refractivity contribution in [3.05, 3.63) is 71.7 Å². The van der Waals surface area contributed by atoms with Crippen molar-refractivity contribution in [3.63, 3.8) is 0 Å². The summed E-state index contributed by atoms with van der Waals surface area (Å²) in [6.07, 6.45) is 10.4. The normalized spacial score (nSPS) is 13.2. The van der Waals surface area contributed by atoms with Crippen molar-refractivity contribution in [3.8, 4) is 0 Å². The van der Waals surface area contributed by atoms with E-state index in [2.05, 4.69) is 111 Å². The predicted molar refractivity (Wildman–Crippen MR) is 148 cm³/mol. The van der Waals surface area contributed by atoms with E-state index < -0.39 is 8.32 Å². The summed E-state index contributed by atoms with van der Waals surface area (Å²) in [5, 5.41) is 2.69. The van der Waals surface area contributed by atoms with Crippen LogP contribution in [0.3, 0.4) is 0 Å². The van der Waals surface area contributed by atoms with Crippen LogP contribution in [0, 0.1) is 5.92 Å². The fraction of sp³-hybridized carbons (Fsp3) is 0.517. The van der Waals surface area contributed by atoms with Crippen LogP contribution in [0.2, 0.25) is 5.04 Å². The third kappa shape index (κ3) is 7.43. The van der Waals surface area contributed by atoms with Gasteiger partial charge in [-0.3, -0.25) is 0 Å². The fourth-order valence-corrected chi connectivity index (χ4v) is 9.63. The molecule has 0 heterocycles. The Balaban J connectivity index is 2.19. The molecule has 3 heteroatoms. The monoisotopic (exact) mass is 514 g/mol. The molecule has 0 amide bonds. The second kappa shape index (κ2) is 13.5. The molecule has 0 aliphatic rings. The van der Waals surface area contributed by atoms with Gasteiger partial charge in [-0.15, -0.1) is 0 Å². The van der Waals surface area contributed by atoms with Crippen LogP contribution >= 0.6 is 15.9 Å². The molecule has 176 valence electrons. The molecule has 1 nitrogen and oxygen atoms in total. The smallest absolute Gasteiger partial charge is 0.261 e. The third-order valence-electron chi connectivity index (χ3n) is 6.52. The van der Waals surface area contributed by atoms with Crippen molar-refractivity contribution in [2.45, 2.75) is 84.1 Å². The van der Waals surface area contributed by atoms with E-state index in [0.717, 1.165) is 10.9 Å². The minimum atomic E-state index is -2.49. The topological polar surface area (TPSA) is 9.23 Å². The van der Waals surface area contributed by atoms with Crippen LogP contribution in [0.4, 0.5) is 0 Å². The average molecular weight is 516 g/mol. The van der Waals surface area contributed by atoms with Crippen molar-refractivity contribution >= 4 is 34.6 Å². The summed E-state index contributed by atoms with van der Waals surface area (Å²) >= 11 is 3.72. The molecule has 0 spiro atoms. The first-order chi connectivity index (χ1) is 15.3. The van der Waals surface area contributed by atoms with Gasteiger partial charge in [-0.05, 0) is 26.3 Å². The second-order valence-corrected chi connectivity index (χ2v) is 15.4. The van der Waals surface area contributed by atoms with E-state index in [1.807, 2.05) is 0 Å². The first-order valence-corrected chi connectivity index (χ1v) is 15.1. The van der Waals surface area contributed by atoms with Gasteiger partial charge in [0.25, 0.3) is 8.32 Å². The molecule has 0 N–H and O–H groups in total. The van der Waals surface area contributed by atoms with Crippen LogP contribution in [-0.2, 0) is 4.43 Å². The number of benzene rings is 2. The number of hydrogen-bond acceptors (Lipinski definition) is 1. The maximum Gasteiger partial charge on any atom is 0.261 e. The summed E-state index contributed by atoms with van der Waals surface area (Å²) in [6.45, 7) is 14.3. The second-order valence-electron chi connectivity index (χ2n) is 10.0. The Labute approximate surface area is 206 Å². The lowest BCUT2D eigenvalue weighted by Gasteiger charge is -2.43. The van der Waals surface area contributed by atoms with E-state index in [1.165, 1.54) is 55.3 Å². The Bertz CT molecular complexity index is 742. The zero-order valence-electron chi connectivity index (χ0n) is 20.7. The number of hydrogen-bond donors (Lipinski definition) is 0. The predicted octanol–water partition coefficient (Wildman–Crippen LogP) is 8.23. The lowest BCUT2D eigenvalue weighted by atomic mass is 10.0. The summed E-state index contributed by atoms with van der Waals surface area (Å²) in [5.41, 5.74) is 0. The van der Waals surface area contributed by atoms with E-state index in [0.29, 0.717) is 12.5 Å². The quantitative estimate of drug-likeness (QED) is 0.182. The Morgan fingerprint density at radius 3 is 1.75 bits per heavy atom. The van der Waals surface area contributed by atoms with Crippen molar-refractivity contribution in [2.24, 2.45) is 5.92 Å². The van der Waals surface area contributed by atoms with Crippen molar-refractivity contribution in [1.82, 2.24) is 0 Å². The molecule has 0 radical (unpaired) electrons. The van der Waals surface area contributed by atoms with E-state index in [9.17, 15) is 0 Å². The lowest BCUT2D eigenvalue weighted by molar-refractivity contribution is 0.249. The van der Waals surface area contributed by atoms with E-state index in [-0.39, 0.29) is 5.04 Å². The molecule has 1 unspecified atom stereocenters. The van der Waals surface area contributed by atoms with Gasteiger partial charge in [0.15, 0.2) is 0 Å². The molecule has 2 aromatic rings. The van der Waals surface area contributed by atoms with Crippen LogP contribution in [0.1, 0.15) is 79.1 Å². The Morgan fingerprint density at radius 2 is 1.31 bits per heavy atom. The molecule has 0 saturated heterocycles. The third-order valence-corrected chi connectivity index (χ3v) is 12.2. The first-order valence-electron chi connectivity index (χ1n) is 12.4. The largest absolute Gasteiger partial charge is 0.407 e. The van der Waals surface area contributed by atoms with Gasteiger partial charge < -0.3 is 4.43 Å². The number of halogens is 1. The minimum Gasteiger partial charge on any atom is -0.407 e. The fourth-order valence-electron chi connectivity index (χ4n) is 4.67. The van der Waals surface area contributed by atoms with Gasteiger partial charge in [0.05, 0.1) is 0 Å². The average Bonchev–Trinajstić information content (AvgIpc) is 2.77. The maximum absolute atomic E-state index is 7.15. The van der Waals surface area contributed by atoms with Gasteiger partial charge in [-0.25, -0.2) is 0 Å². The highest BCUT2D eigenvalue weighted by atomic mass is 79.9. The van der Waals surface area contributed by atoms with Crippen molar-refractivity contribution in [1.29, 1.82) is 0 Å². The summed E-state index contributed by atoms with van der Waals surface area (Å²) in [5.74, 6) is 0.340. The van der Waals surface area contributed by atoms with Crippen LogP contribution in [0.15, 0.2) is 71.7 Å². The lowest BCUT2D eigenvalue weighted by Crippen LogP contribution is -2.66. The molecular weight excluding hydrogens is 472 g/mol. The molecule has 0 aliphatic heterocycles. The van der Waals surface area contributed by atoms with Crippen LogP contribution in [-0.4, -0.2) is 14.9 Å². The summed E-state index contributed by atoms with van der Waals surface area (Å²) in [4.78, 5) is 0. The zero-order valence-corrected chi connectivity index (χ0v) is 23.3.